The van der Waals surface area contributed by atoms with Crippen LogP contribution in [0.15, 0.2) is 366 Å². The first-order valence-electron chi connectivity index (χ1n) is 38.5. The highest BCUT2D eigenvalue weighted by Crippen LogP contribution is 2.51. The van der Waals surface area contributed by atoms with Crippen molar-refractivity contribution in [2.75, 3.05) is 6.67 Å². The molecule has 1 N–H and O–H groups in total. The fraction of sp³-hybridized carbons (Fsp3) is 0.00962. The Bertz CT molecular complexity index is 8080. The molecule has 0 atom stereocenters. The molecule has 0 radical (unpaired) electrons. The van der Waals surface area contributed by atoms with Gasteiger partial charge in [0.2, 0.25) is 0 Å². The van der Waals surface area contributed by atoms with Gasteiger partial charge in [-0.15, -0.1) is 22.7 Å². The Morgan fingerprint density at radius 2 is 0.640 bits per heavy atom. The topological polar surface area (TPSA) is 86.3 Å². The molecule has 532 valence electrons. The van der Waals surface area contributed by atoms with Crippen LogP contribution < -0.4 is 5.32 Å². The summed E-state index contributed by atoms with van der Waals surface area (Å²) in [6, 6.07) is 121. The van der Waals surface area contributed by atoms with Crippen molar-refractivity contribution in [3.8, 4) is 106 Å². The van der Waals surface area contributed by atoms with Crippen molar-refractivity contribution in [3.63, 3.8) is 0 Å². The van der Waals surface area contributed by atoms with E-state index >= 15 is 0 Å². The van der Waals surface area contributed by atoms with E-state index in [0.717, 1.165) is 177 Å². The van der Waals surface area contributed by atoms with Crippen LogP contribution in [0.4, 0.5) is 0 Å². The summed E-state index contributed by atoms with van der Waals surface area (Å²) in [5.74, 6) is 0. The number of nitrogens with zero attached hydrogens (tertiary/aromatic N) is 5. The van der Waals surface area contributed by atoms with Crippen molar-refractivity contribution in [2.24, 2.45) is 4.99 Å². The first kappa shape index (κ1) is 64.3. The van der Waals surface area contributed by atoms with E-state index in [1.807, 2.05) is 41.3 Å². The summed E-state index contributed by atoms with van der Waals surface area (Å²) in [5, 5.41) is 17.2. The number of benzene rings is 16. The lowest BCUT2D eigenvalue weighted by Crippen LogP contribution is -2.14. The highest BCUT2D eigenvalue weighted by Gasteiger charge is 2.26. The quantitative estimate of drug-likeness (QED) is 0.139. The second kappa shape index (κ2) is 25.5. The number of hydrogen-bond acceptors (Lipinski definition) is 8. The van der Waals surface area contributed by atoms with Crippen molar-refractivity contribution in [3.05, 3.63) is 353 Å². The minimum Gasteiger partial charge on any atom is -0.455 e. The highest BCUT2D eigenvalue weighted by molar-refractivity contribution is 7.26. The molecule has 24 rings (SSSR count). The number of rotatable bonds is 11. The normalized spacial score (nSPS) is 12.6. The van der Waals surface area contributed by atoms with E-state index in [0.29, 0.717) is 6.67 Å². The lowest BCUT2D eigenvalue weighted by molar-refractivity contribution is 0.669. The minimum absolute atomic E-state index is 0.574. The van der Waals surface area contributed by atoms with E-state index in [9.17, 15) is 0 Å². The van der Waals surface area contributed by atoms with Gasteiger partial charge in [-0.2, -0.15) is 0 Å². The van der Waals surface area contributed by atoms with Crippen molar-refractivity contribution in [1.29, 1.82) is 0 Å². The molecule has 114 heavy (non-hydrogen) atoms. The zero-order valence-electron chi connectivity index (χ0n) is 61.1. The van der Waals surface area contributed by atoms with Crippen LogP contribution in [0.1, 0.15) is 0 Å². The first-order chi connectivity index (χ1) is 56.5. The zero-order chi connectivity index (χ0) is 74.6. The van der Waals surface area contributed by atoms with Crippen LogP contribution in [0.5, 0.6) is 0 Å². The number of aromatic nitrogens is 4. The second-order valence-corrected chi connectivity index (χ2v) is 32.0. The molecule has 1 aliphatic heterocycles. The van der Waals surface area contributed by atoms with E-state index in [1.54, 1.807) is 6.33 Å². The molecule has 0 amide bonds. The van der Waals surface area contributed by atoms with Crippen molar-refractivity contribution < 1.29 is 8.83 Å². The van der Waals surface area contributed by atoms with Gasteiger partial charge in [0.05, 0.1) is 45.8 Å². The summed E-state index contributed by atoms with van der Waals surface area (Å²) in [4.78, 5) is 13.3. The minimum atomic E-state index is 0.574. The third-order valence-electron chi connectivity index (χ3n) is 23.4. The van der Waals surface area contributed by atoms with Gasteiger partial charge >= 0.3 is 0 Å². The number of thiophene rings is 2. The van der Waals surface area contributed by atoms with Crippen molar-refractivity contribution in [2.45, 2.75) is 0 Å². The van der Waals surface area contributed by atoms with Crippen LogP contribution in [-0.4, -0.2) is 32.0 Å². The Morgan fingerprint density at radius 3 is 1.11 bits per heavy atom. The average Bonchev–Trinajstić information content (AvgIpc) is 1.55. The van der Waals surface area contributed by atoms with Gasteiger partial charge in [-0.05, 0) is 222 Å². The molecule has 7 aromatic heterocycles. The third kappa shape index (κ3) is 10.2. The van der Waals surface area contributed by atoms with Gasteiger partial charge in [-0.1, -0.05) is 194 Å². The average molecular weight is 1490 g/mol. The van der Waals surface area contributed by atoms with Crippen LogP contribution in [0, 0.1) is 0 Å². The maximum Gasteiger partial charge on any atom is 0.143 e. The Kier molecular flexibility index (Phi) is 14.4. The molecule has 0 saturated carbocycles. The number of aliphatic imine (C=N–C) groups is 1. The first-order valence-corrected chi connectivity index (χ1v) is 40.1. The van der Waals surface area contributed by atoms with E-state index in [1.165, 1.54) is 61.9 Å². The van der Waals surface area contributed by atoms with Crippen LogP contribution in [0.3, 0.4) is 0 Å². The standard InChI is InChI=1S/C104H62N6O2S2/c1-5-25-91-79(21-1)85-49-67(29-39-93(85)109(91)75-55-105-59-106-56-75)63-15-9-13-61(45-63)65-17-11-19-73(47-65)77-35-37-83(101-89-53-69(31-41-95(89)111-103(77)101)71-33-43-99-87(51-71)81-23-3-7-27-97(81)113-99)84-38-36-78(104-102(84)90-54-70(32-42-96(90)112-104)72-34-44-100-88(52-72)82-24-4-8-28-98(82)114-100)74-20-12-18-66(48-74)62-14-10-16-64(46-62)68-30-40-94-86(50-68)80-22-2-6-26-92(80)110(94)76-57-107-60-108-58-76/h1-59,107H,60H2. The lowest BCUT2D eigenvalue weighted by atomic mass is 9.89. The van der Waals surface area contributed by atoms with Crippen molar-refractivity contribution >= 4 is 162 Å². The molecule has 10 heteroatoms. The lowest BCUT2D eigenvalue weighted by Gasteiger charge is -2.13. The van der Waals surface area contributed by atoms with Crippen LogP contribution in [0.25, 0.3) is 239 Å². The van der Waals surface area contributed by atoms with E-state index < -0.39 is 0 Å². The van der Waals surface area contributed by atoms with Gasteiger partial charge in [0.15, 0.2) is 0 Å². The number of fused-ring (bicyclic) bond motifs is 18. The maximum absolute atomic E-state index is 7.45. The van der Waals surface area contributed by atoms with Gasteiger partial charge in [-0.3, -0.25) is 4.99 Å². The highest BCUT2D eigenvalue weighted by atomic mass is 32.1. The molecule has 0 fully saturated rings. The van der Waals surface area contributed by atoms with Crippen LogP contribution in [0.2, 0.25) is 0 Å². The van der Waals surface area contributed by atoms with E-state index in [2.05, 4.69) is 363 Å². The summed E-state index contributed by atoms with van der Waals surface area (Å²) in [6.07, 6.45) is 9.34. The molecule has 0 saturated heterocycles. The molecule has 1 aliphatic rings. The van der Waals surface area contributed by atoms with Gasteiger partial charge in [-0.25, -0.2) is 9.97 Å². The van der Waals surface area contributed by atoms with Crippen molar-refractivity contribution in [1.82, 2.24) is 24.4 Å². The van der Waals surface area contributed by atoms with Gasteiger partial charge in [0.25, 0.3) is 0 Å². The summed E-state index contributed by atoms with van der Waals surface area (Å²) < 4.78 is 24.6. The molecule has 0 spiro atoms. The molecule has 0 aliphatic carbocycles. The summed E-state index contributed by atoms with van der Waals surface area (Å²) >= 11 is 3.69. The monoisotopic (exact) mass is 1490 g/mol. The molecule has 0 bridgehead atoms. The zero-order valence-corrected chi connectivity index (χ0v) is 62.8. The van der Waals surface area contributed by atoms with Crippen LogP contribution in [-0.2, 0) is 0 Å². The fourth-order valence-electron chi connectivity index (χ4n) is 18.1. The number of para-hydroxylation sites is 2. The van der Waals surface area contributed by atoms with Crippen LogP contribution >= 0.6 is 22.7 Å². The number of hydrogen-bond donors (Lipinski definition) is 1. The molecule has 23 aromatic rings. The predicted molar refractivity (Wildman–Crippen MR) is 479 cm³/mol. The number of allylic oxidation sites excluding steroid dienone is 1. The summed E-state index contributed by atoms with van der Waals surface area (Å²) in [6.45, 7) is 0.574. The van der Waals surface area contributed by atoms with E-state index in [4.69, 9.17) is 8.83 Å². The molecule has 16 aromatic carbocycles. The summed E-state index contributed by atoms with van der Waals surface area (Å²) in [5.41, 5.74) is 29.4. The predicted octanol–water partition coefficient (Wildman–Crippen LogP) is 28.6. The molecular formula is C104H62N6O2S2. The molecule has 8 nitrogen and oxygen atoms in total. The second-order valence-electron chi connectivity index (χ2n) is 29.8. The number of furan rings is 2. The van der Waals surface area contributed by atoms with Gasteiger partial charge in [0.1, 0.15) is 35.3 Å². The maximum atomic E-state index is 7.45. The largest absolute Gasteiger partial charge is 0.455 e. The SMILES string of the molecule is C1=NCNC=C1n1c2ccccc2c2cc(-c3cccc(-c4cccc(-c5ccc(-c6ccc(-c7cccc(-c8cccc(-c9ccc%10c(c9)c9ccccc9n%10-c9cncnc9)c8)c7)c7oc8ccc(-c9ccc%10sc%11ccccc%11c%10c9)cc8c67)c6c5oc5ccc(-c7ccc8sc9ccccc9c8c7)cc56)c4)c3)ccc21. The van der Waals surface area contributed by atoms with E-state index in [-0.39, 0.29) is 0 Å². The molecule has 0 unspecified atom stereocenters. The smallest absolute Gasteiger partial charge is 0.143 e. The Morgan fingerprint density at radius 1 is 0.281 bits per heavy atom. The van der Waals surface area contributed by atoms with Gasteiger partial charge < -0.3 is 23.3 Å². The van der Waals surface area contributed by atoms with Gasteiger partial charge in [0, 0.05) is 107 Å². The third-order valence-corrected chi connectivity index (χ3v) is 25.7. The Balaban J connectivity index is 0.674. The summed E-state index contributed by atoms with van der Waals surface area (Å²) in [7, 11) is 0. The number of nitrogens with one attached hydrogen (secondary N) is 1. The fourth-order valence-corrected chi connectivity index (χ4v) is 20.3. The molecular weight excluding hydrogens is 1430 g/mol. The Hall–Kier alpha value is -14.6. The Labute approximate surface area is 661 Å². The molecule has 8 heterocycles.